The first-order valence-corrected chi connectivity index (χ1v) is 5.61. The summed E-state index contributed by atoms with van der Waals surface area (Å²) < 4.78 is 10.4. The molecule has 0 saturated heterocycles. The van der Waals surface area contributed by atoms with Crippen LogP contribution in [0.2, 0.25) is 0 Å². The lowest BCUT2D eigenvalue weighted by molar-refractivity contribution is 0.131. The molecular formula is C11H25NO2. The van der Waals surface area contributed by atoms with E-state index in [0.29, 0.717) is 6.04 Å². The van der Waals surface area contributed by atoms with Crippen molar-refractivity contribution in [2.75, 3.05) is 33.5 Å². The minimum Gasteiger partial charge on any atom is -0.385 e. The van der Waals surface area contributed by atoms with E-state index in [4.69, 9.17) is 9.47 Å². The van der Waals surface area contributed by atoms with E-state index < -0.39 is 0 Å². The van der Waals surface area contributed by atoms with E-state index in [1.54, 1.807) is 7.11 Å². The molecule has 1 N–H and O–H groups in total. The Morgan fingerprint density at radius 1 is 1.21 bits per heavy atom. The van der Waals surface area contributed by atoms with Gasteiger partial charge in [-0.25, -0.2) is 0 Å². The summed E-state index contributed by atoms with van der Waals surface area (Å²) in [4.78, 5) is 0. The molecule has 0 spiro atoms. The predicted molar refractivity (Wildman–Crippen MR) is 59.7 cm³/mol. The van der Waals surface area contributed by atoms with Crippen LogP contribution in [0, 0.1) is 0 Å². The molecule has 0 fully saturated rings. The monoisotopic (exact) mass is 203 g/mol. The second-order valence-electron chi connectivity index (χ2n) is 3.60. The molecule has 0 aromatic carbocycles. The summed E-state index contributed by atoms with van der Waals surface area (Å²) in [6, 6.07) is 0.543. The van der Waals surface area contributed by atoms with Crippen molar-refractivity contribution in [3.05, 3.63) is 0 Å². The van der Waals surface area contributed by atoms with Crippen molar-refractivity contribution in [2.45, 2.75) is 39.2 Å². The number of ether oxygens (including phenoxy) is 2. The molecular weight excluding hydrogens is 178 g/mol. The van der Waals surface area contributed by atoms with Gasteiger partial charge in [-0.2, -0.15) is 0 Å². The minimum absolute atomic E-state index is 0.543. The van der Waals surface area contributed by atoms with Crippen LogP contribution in [-0.4, -0.2) is 39.5 Å². The molecule has 0 aliphatic rings. The van der Waals surface area contributed by atoms with Gasteiger partial charge in [0.05, 0.1) is 0 Å². The van der Waals surface area contributed by atoms with Crippen molar-refractivity contribution in [2.24, 2.45) is 0 Å². The lowest BCUT2D eigenvalue weighted by Gasteiger charge is -2.12. The topological polar surface area (TPSA) is 30.5 Å². The molecule has 0 aliphatic carbocycles. The Morgan fingerprint density at radius 3 is 2.64 bits per heavy atom. The molecule has 0 heterocycles. The van der Waals surface area contributed by atoms with Crippen LogP contribution < -0.4 is 5.32 Å². The van der Waals surface area contributed by atoms with E-state index in [-0.39, 0.29) is 0 Å². The van der Waals surface area contributed by atoms with E-state index in [2.05, 4.69) is 19.2 Å². The zero-order chi connectivity index (χ0) is 10.6. The summed E-state index contributed by atoms with van der Waals surface area (Å²) in [7, 11) is 1.74. The average molecular weight is 203 g/mol. The quantitative estimate of drug-likeness (QED) is 0.549. The molecule has 0 amide bonds. The maximum Gasteiger partial charge on any atom is 0.0478 e. The van der Waals surface area contributed by atoms with Gasteiger partial charge in [-0.05, 0) is 32.7 Å². The second kappa shape index (κ2) is 11.0. The third-order valence-corrected chi connectivity index (χ3v) is 2.06. The van der Waals surface area contributed by atoms with Gasteiger partial charge < -0.3 is 14.8 Å². The van der Waals surface area contributed by atoms with E-state index in [9.17, 15) is 0 Å². The Labute approximate surface area is 88.2 Å². The standard InChI is InChI=1S/C11H25NO2/c1-4-8-14-9-5-7-12-11(2)6-10-13-3/h11-12H,4-10H2,1-3H3. The summed E-state index contributed by atoms with van der Waals surface area (Å²) in [6.07, 6.45) is 3.28. The van der Waals surface area contributed by atoms with Crippen molar-refractivity contribution in [3.8, 4) is 0 Å². The Bertz CT molecular complexity index is 109. The highest BCUT2D eigenvalue weighted by atomic mass is 16.5. The Balaban J connectivity index is 3.02. The molecule has 86 valence electrons. The number of rotatable bonds is 10. The minimum atomic E-state index is 0.543. The van der Waals surface area contributed by atoms with Gasteiger partial charge in [-0.3, -0.25) is 0 Å². The lowest BCUT2D eigenvalue weighted by Crippen LogP contribution is -2.28. The van der Waals surface area contributed by atoms with Crippen LogP contribution in [0.25, 0.3) is 0 Å². The van der Waals surface area contributed by atoms with Crippen LogP contribution in [0.1, 0.15) is 33.1 Å². The highest BCUT2D eigenvalue weighted by Crippen LogP contribution is 1.91. The number of hydrogen-bond acceptors (Lipinski definition) is 3. The molecule has 0 saturated carbocycles. The van der Waals surface area contributed by atoms with Gasteiger partial charge in [-0.1, -0.05) is 6.92 Å². The zero-order valence-electron chi connectivity index (χ0n) is 9.84. The fourth-order valence-corrected chi connectivity index (χ4v) is 1.17. The first-order chi connectivity index (χ1) is 6.81. The van der Waals surface area contributed by atoms with Crippen LogP contribution in [0.3, 0.4) is 0 Å². The van der Waals surface area contributed by atoms with Crippen LogP contribution in [-0.2, 0) is 9.47 Å². The smallest absolute Gasteiger partial charge is 0.0478 e. The van der Waals surface area contributed by atoms with Crippen LogP contribution in [0.5, 0.6) is 0 Å². The Morgan fingerprint density at radius 2 is 2.00 bits per heavy atom. The summed E-state index contributed by atoms with van der Waals surface area (Å²) >= 11 is 0. The van der Waals surface area contributed by atoms with Crippen molar-refractivity contribution >= 4 is 0 Å². The largest absolute Gasteiger partial charge is 0.385 e. The van der Waals surface area contributed by atoms with Gasteiger partial charge in [0.25, 0.3) is 0 Å². The molecule has 14 heavy (non-hydrogen) atoms. The molecule has 1 atom stereocenters. The maximum atomic E-state index is 5.38. The third kappa shape index (κ3) is 9.96. The van der Waals surface area contributed by atoms with Crippen molar-refractivity contribution in [1.82, 2.24) is 5.32 Å². The van der Waals surface area contributed by atoms with E-state index >= 15 is 0 Å². The van der Waals surface area contributed by atoms with Crippen LogP contribution in [0.4, 0.5) is 0 Å². The van der Waals surface area contributed by atoms with Crippen LogP contribution in [0.15, 0.2) is 0 Å². The first-order valence-electron chi connectivity index (χ1n) is 5.61. The molecule has 3 heteroatoms. The highest BCUT2D eigenvalue weighted by molar-refractivity contribution is 4.59. The molecule has 1 unspecified atom stereocenters. The van der Waals surface area contributed by atoms with Crippen molar-refractivity contribution in [3.63, 3.8) is 0 Å². The van der Waals surface area contributed by atoms with Gasteiger partial charge in [0, 0.05) is 33.0 Å². The van der Waals surface area contributed by atoms with Gasteiger partial charge in [0.2, 0.25) is 0 Å². The van der Waals surface area contributed by atoms with Crippen LogP contribution >= 0.6 is 0 Å². The highest BCUT2D eigenvalue weighted by Gasteiger charge is 1.99. The summed E-state index contributed by atoms with van der Waals surface area (Å²) in [6.45, 7) is 7.95. The Hall–Kier alpha value is -0.120. The number of nitrogens with one attached hydrogen (secondary N) is 1. The fraction of sp³-hybridized carbons (Fsp3) is 1.00. The van der Waals surface area contributed by atoms with E-state index in [1.165, 1.54) is 0 Å². The SMILES string of the molecule is CCCOCCCNC(C)CCOC. The average Bonchev–Trinajstić information content (AvgIpc) is 2.20. The molecule has 0 rings (SSSR count). The summed E-state index contributed by atoms with van der Waals surface area (Å²) in [5.74, 6) is 0. The fourth-order valence-electron chi connectivity index (χ4n) is 1.17. The lowest BCUT2D eigenvalue weighted by atomic mass is 10.2. The van der Waals surface area contributed by atoms with Crippen molar-refractivity contribution < 1.29 is 9.47 Å². The van der Waals surface area contributed by atoms with Crippen molar-refractivity contribution in [1.29, 1.82) is 0 Å². The Kier molecular flexibility index (Phi) is 10.9. The molecule has 3 nitrogen and oxygen atoms in total. The van der Waals surface area contributed by atoms with E-state index in [0.717, 1.165) is 45.6 Å². The van der Waals surface area contributed by atoms with Gasteiger partial charge >= 0.3 is 0 Å². The summed E-state index contributed by atoms with van der Waals surface area (Å²) in [5, 5.41) is 3.43. The van der Waals surface area contributed by atoms with E-state index in [1.807, 2.05) is 0 Å². The normalized spacial score (nSPS) is 13.1. The number of hydrogen-bond donors (Lipinski definition) is 1. The van der Waals surface area contributed by atoms with Gasteiger partial charge in [-0.15, -0.1) is 0 Å². The summed E-state index contributed by atoms with van der Waals surface area (Å²) in [5.41, 5.74) is 0. The zero-order valence-corrected chi connectivity index (χ0v) is 9.84. The number of methoxy groups -OCH3 is 1. The predicted octanol–water partition coefficient (Wildman–Crippen LogP) is 1.82. The molecule has 0 bridgehead atoms. The molecule has 0 aromatic rings. The molecule has 0 aromatic heterocycles. The van der Waals surface area contributed by atoms with Gasteiger partial charge in [0.15, 0.2) is 0 Å². The third-order valence-electron chi connectivity index (χ3n) is 2.06. The second-order valence-corrected chi connectivity index (χ2v) is 3.60. The maximum absolute atomic E-state index is 5.38. The van der Waals surface area contributed by atoms with Gasteiger partial charge in [0.1, 0.15) is 0 Å². The molecule has 0 radical (unpaired) electrons. The first kappa shape index (κ1) is 13.9. The molecule has 0 aliphatic heterocycles.